The molecule has 0 saturated carbocycles. The van der Waals surface area contributed by atoms with Gasteiger partial charge >= 0.3 is 0 Å². The molecule has 100 valence electrons. The van der Waals surface area contributed by atoms with Crippen LogP contribution in [-0.4, -0.2) is 37.6 Å². The van der Waals surface area contributed by atoms with Crippen molar-refractivity contribution in [3.63, 3.8) is 0 Å². The first-order valence-corrected chi connectivity index (χ1v) is 6.14. The lowest BCUT2D eigenvalue weighted by molar-refractivity contribution is -0.132. The highest BCUT2D eigenvalue weighted by Crippen LogP contribution is 2.23. The molecule has 1 unspecified atom stereocenters. The first kappa shape index (κ1) is 15.2. The van der Waals surface area contributed by atoms with E-state index in [1.807, 2.05) is 6.07 Å². The predicted octanol–water partition coefficient (Wildman–Crippen LogP) is 1.93. The Morgan fingerprint density at radius 3 is 2.67 bits per heavy atom. The third-order valence-corrected chi connectivity index (χ3v) is 3.18. The number of nitrogens with zero attached hydrogens (tertiary/aromatic N) is 1. The Balaban J connectivity index is 2.66. The van der Waals surface area contributed by atoms with Gasteiger partial charge in [0, 0.05) is 20.7 Å². The van der Waals surface area contributed by atoms with Gasteiger partial charge in [-0.3, -0.25) is 4.79 Å². The van der Waals surface area contributed by atoms with Crippen LogP contribution in [0.15, 0.2) is 18.2 Å². The topological polar surface area (TPSA) is 55.6 Å². The Labute approximate surface area is 117 Å². The molecule has 18 heavy (non-hydrogen) atoms. The van der Waals surface area contributed by atoms with Crippen LogP contribution in [0.4, 0.5) is 0 Å². The van der Waals surface area contributed by atoms with Crippen molar-refractivity contribution in [2.75, 3.05) is 20.8 Å². The van der Waals surface area contributed by atoms with Crippen LogP contribution in [0.3, 0.4) is 0 Å². The molecule has 0 aromatic heterocycles. The fourth-order valence-electron chi connectivity index (χ4n) is 1.52. The second-order valence-corrected chi connectivity index (χ2v) is 4.82. The second-order valence-electron chi connectivity index (χ2n) is 4.00. The van der Waals surface area contributed by atoms with Gasteiger partial charge < -0.3 is 15.4 Å². The monoisotopic (exact) mass is 290 g/mol. The molecular formula is C12H16Cl2N2O2. The van der Waals surface area contributed by atoms with Crippen molar-refractivity contribution < 1.29 is 9.53 Å². The van der Waals surface area contributed by atoms with Crippen molar-refractivity contribution >= 4 is 29.1 Å². The van der Waals surface area contributed by atoms with Crippen molar-refractivity contribution in [2.45, 2.75) is 12.6 Å². The first-order valence-electron chi connectivity index (χ1n) is 5.39. The van der Waals surface area contributed by atoms with Crippen molar-refractivity contribution in [3.05, 3.63) is 33.8 Å². The Morgan fingerprint density at radius 2 is 2.11 bits per heavy atom. The van der Waals surface area contributed by atoms with Gasteiger partial charge in [-0.1, -0.05) is 29.3 Å². The standard InChI is InChI=1S/C12H16Cl2N2O2/c1-16(12(17)11(15)7-18-2)6-8-3-4-9(13)10(14)5-8/h3-5,11H,6-7,15H2,1-2H3. The third-order valence-electron chi connectivity index (χ3n) is 2.44. The maximum absolute atomic E-state index is 11.9. The molecule has 2 N–H and O–H groups in total. The van der Waals surface area contributed by atoms with Gasteiger partial charge in [-0.05, 0) is 17.7 Å². The molecule has 0 heterocycles. The van der Waals surface area contributed by atoms with Crippen LogP contribution < -0.4 is 5.73 Å². The minimum absolute atomic E-state index is 0.178. The fraction of sp³-hybridized carbons (Fsp3) is 0.417. The molecule has 0 aliphatic carbocycles. The number of likely N-dealkylation sites (N-methyl/N-ethyl adjacent to an activating group) is 1. The molecule has 1 aromatic carbocycles. The lowest BCUT2D eigenvalue weighted by Crippen LogP contribution is -2.44. The van der Waals surface area contributed by atoms with E-state index in [1.54, 1.807) is 19.2 Å². The molecule has 0 aliphatic heterocycles. The van der Waals surface area contributed by atoms with Crippen LogP contribution >= 0.6 is 23.2 Å². The van der Waals surface area contributed by atoms with Crippen molar-refractivity contribution in [1.29, 1.82) is 0 Å². The molecule has 1 atom stereocenters. The number of hydrogen-bond donors (Lipinski definition) is 1. The summed E-state index contributed by atoms with van der Waals surface area (Å²) < 4.78 is 4.85. The minimum Gasteiger partial charge on any atom is -0.383 e. The Hall–Kier alpha value is -0.810. The second kappa shape index (κ2) is 6.95. The van der Waals surface area contributed by atoms with Crippen LogP contribution in [0.25, 0.3) is 0 Å². The van der Waals surface area contributed by atoms with Gasteiger partial charge in [0.05, 0.1) is 16.7 Å². The quantitative estimate of drug-likeness (QED) is 0.901. The highest BCUT2D eigenvalue weighted by molar-refractivity contribution is 6.42. The molecule has 0 radical (unpaired) electrons. The van der Waals surface area contributed by atoms with E-state index in [9.17, 15) is 4.79 Å². The summed E-state index contributed by atoms with van der Waals surface area (Å²) in [6.07, 6.45) is 0. The van der Waals surface area contributed by atoms with E-state index in [0.717, 1.165) is 5.56 Å². The van der Waals surface area contributed by atoms with Gasteiger partial charge in [0.15, 0.2) is 0 Å². The van der Waals surface area contributed by atoms with Gasteiger partial charge in [0.1, 0.15) is 6.04 Å². The van der Waals surface area contributed by atoms with Crippen LogP contribution in [0, 0.1) is 0 Å². The van der Waals surface area contributed by atoms with Crippen LogP contribution in [-0.2, 0) is 16.1 Å². The number of methoxy groups -OCH3 is 1. The van der Waals surface area contributed by atoms with Crippen LogP contribution in [0.5, 0.6) is 0 Å². The van der Waals surface area contributed by atoms with Crippen molar-refractivity contribution in [2.24, 2.45) is 5.73 Å². The van der Waals surface area contributed by atoms with Gasteiger partial charge in [-0.15, -0.1) is 0 Å². The van der Waals surface area contributed by atoms with Gasteiger partial charge in [0.2, 0.25) is 5.91 Å². The number of carbonyl (C=O) groups excluding carboxylic acids is 1. The number of nitrogens with two attached hydrogens (primary N) is 1. The largest absolute Gasteiger partial charge is 0.383 e. The summed E-state index contributed by atoms with van der Waals surface area (Å²) in [5, 5.41) is 0.960. The summed E-state index contributed by atoms with van der Waals surface area (Å²) in [5.74, 6) is -0.178. The normalized spacial score (nSPS) is 12.3. The maximum atomic E-state index is 11.9. The number of benzene rings is 1. The first-order chi connectivity index (χ1) is 8.45. The molecule has 0 aliphatic rings. The van der Waals surface area contributed by atoms with E-state index >= 15 is 0 Å². The summed E-state index contributed by atoms with van der Waals surface area (Å²) in [4.78, 5) is 13.4. The number of ether oxygens (including phenoxy) is 1. The average molecular weight is 291 g/mol. The minimum atomic E-state index is -0.650. The molecule has 1 aromatic rings. The zero-order valence-electron chi connectivity index (χ0n) is 10.3. The Morgan fingerprint density at radius 1 is 1.44 bits per heavy atom. The Kier molecular flexibility index (Phi) is 5.88. The lowest BCUT2D eigenvalue weighted by atomic mass is 10.2. The van der Waals surface area contributed by atoms with Gasteiger partial charge in [-0.25, -0.2) is 0 Å². The predicted molar refractivity (Wildman–Crippen MR) is 72.8 cm³/mol. The zero-order valence-corrected chi connectivity index (χ0v) is 11.8. The third kappa shape index (κ3) is 4.14. The van der Waals surface area contributed by atoms with E-state index in [1.165, 1.54) is 12.0 Å². The number of halogens is 2. The number of rotatable bonds is 5. The smallest absolute Gasteiger partial charge is 0.241 e. The summed E-state index contributed by atoms with van der Waals surface area (Å²) in [7, 11) is 3.19. The molecule has 0 spiro atoms. The van der Waals surface area contributed by atoms with Crippen LogP contribution in [0.2, 0.25) is 10.0 Å². The van der Waals surface area contributed by atoms with E-state index in [2.05, 4.69) is 0 Å². The summed E-state index contributed by atoms with van der Waals surface area (Å²) >= 11 is 11.7. The summed E-state index contributed by atoms with van der Waals surface area (Å²) in [5.41, 5.74) is 6.57. The van der Waals surface area contributed by atoms with E-state index in [-0.39, 0.29) is 12.5 Å². The molecule has 1 amide bonds. The van der Waals surface area contributed by atoms with Crippen LogP contribution in [0.1, 0.15) is 5.56 Å². The highest BCUT2D eigenvalue weighted by Gasteiger charge is 2.18. The molecule has 0 saturated heterocycles. The molecule has 1 rings (SSSR count). The number of carbonyl (C=O) groups is 1. The van der Waals surface area contributed by atoms with E-state index in [4.69, 9.17) is 33.7 Å². The lowest BCUT2D eigenvalue weighted by Gasteiger charge is -2.21. The van der Waals surface area contributed by atoms with Crippen molar-refractivity contribution in [3.8, 4) is 0 Å². The molecule has 0 bridgehead atoms. The zero-order chi connectivity index (χ0) is 13.7. The highest BCUT2D eigenvalue weighted by atomic mass is 35.5. The molecular weight excluding hydrogens is 275 g/mol. The van der Waals surface area contributed by atoms with Gasteiger partial charge in [0.25, 0.3) is 0 Å². The SMILES string of the molecule is COCC(N)C(=O)N(C)Cc1ccc(Cl)c(Cl)c1. The number of hydrogen-bond acceptors (Lipinski definition) is 3. The number of amides is 1. The van der Waals surface area contributed by atoms with E-state index in [0.29, 0.717) is 16.6 Å². The van der Waals surface area contributed by atoms with Gasteiger partial charge in [-0.2, -0.15) is 0 Å². The summed E-state index contributed by atoms with van der Waals surface area (Å²) in [6.45, 7) is 0.623. The Bertz CT molecular complexity index is 427. The molecule has 6 heteroatoms. The fourth-order valence-corrected chi connectivity index (χ4v) is 1.84. The average Bonchev–Trinajstić information content (AvgIpc) is 2.33. The maximum Gasteiger partial charge on any atom is 0.241 e. The van der Waals surface area contributed by atoms with E-state index < -0.39 is 6.04 Å². The molecule has 4 nitrogen and oxygen atoms in total. The molecule has 0 fully saturated rings. The van der Waals surface area contributed by atoms with Crippen molar-refractivity contribution in [1.82, 2.24) is 4.90 Å². The summed E-state index contributed by atoms with van der Waals surface area (Å²) in [6, 6.07) is 4.60.